The number of aryl methyl sites for hydroxylation is 1. The summed E-state index contributed by atoms with van der Waals surface area (Å²) in [5.74, 6) is -0.451. The van der Waals surface area contributed by atoms with Gasteiger partial charge in [0.25, 0.3) is 0 Å². The molecule has 0 fully saturated rings. The van der Waals surface area contributed by atoms with Crippen LogP contribution in [0.4, 0.5) is 0 Å². The number of carbonyl (C=O) groups is 1. The summed E-state index contributed by atoms with van der Waals surface area (Å²) in [6, 6.07) is 4.61. The average Bonchev–Trinajstić information content (AvgIpc) is 2.67. The Morgan fingerprint density at radius 3 is 3.00 bits per heavy atom. The zero-order valence-electron chi connectivity index (χ0n) is 8.56. The molecule has 0 spiro atoms. The molecular weight excluding hydrogens is 208 g/mol. The van der Waals surface area contributed by atoms with E-state index in [4.69, 9.17) is 5.11 Å². The van der Waals surface area contributed by atoms with Crippen LogP contribution in [0.15, 0.2) is 18.2 Å². The minimum Gasteiger partial charge on any atom is -0.545 e. The van der Waals surface area contributed by atoms with E-state index in [2.05, 4.69) is 9.97 Å². The average molecular weight is 219 g/mol. The zero-order valence-corrected chi connectivity index (χ0v) is 8.56. The number of carboxylic acid groups (broad SMARTS) is 1. The van der Waals surface area contributed by atoms with Crippen LogP contribution < -0.4 is 5.11 Å². The number of rotatable bonds is 4. The molecule has 1 heterocycles. The minimum absolute atomic E-state index is 0.112. The quantitative estimate of drug-likeness (QED) is 0.748. The van der Waals surface area contributed by atoms with E-state index in [9.17, 15) is 9.90 Å². The second-order valence-corrected chi connectivity index (χ2v) is 3.53. The van der Waals surface area contributed by atoms with Crippen molar-refractivity contribution in [1.82, 2.24) is 9.97 Å². The number of nitrogens with zero attached hydrogens (tertiary/aromatic N) is 1. The maximum atomic E-state index is 10.6. The molecule has 2 rings (SSSR count). The lowest BCUT2D eigenvalue weighted by molar-refractivity contribution is -0.255. The number of hydrogen-bond donors (Lipinski definition) is 2. The molecular formula is C11H11N2O3-. The highest BCUT2D eigenvalue weighted by atomic mass is 16.4. The van der Waals surface area contributed by atoms with E-state index in [1.807, 2.05) is 0 Å². The van der Waals surface area contributed by atoms with Gasteiger partial charge in [-0.1, -0.05) is 6.07 Å². The number of fused-ring (bicyclic) bond motifs is 1. The smallest absolute Gasteiger partial charge is 0.107 e. The molecule has 0 bridgehead atoms. The lowest BCUT2D eigenvalue weighted by atomic mass is 10.2. The Morgan fingerprint density at radius 1 is 1.50 bits per heavy atom. The van der Waals surface area contributed by atoms with Gasteiger partial charge in [0, 0.05) is 13.0 Å². The topological polar surface area (TPSA) is 89.0 Å². The fourth-order valence-electron chi connectivity index (χ4n) is 1.55. The molecule has 1 aromatic carbocycles. The first-order valence-electron chi connectivity index (χ1n) is 5.01. The van der Waals surface area contributed by atoms with Gasteiger partial charge in [-0.05, 0) is 24.1 Å². The first-order chi connectivity index (χ1) is 7.70. The number of aliphatic hydroxyl groups excluding tert-OH is 1. The lowest BCUT2D eigenvalue weighted by Gasteiger charge is -2.00. The van der Waals surface area contributed by atoms with E-state index < -0.39 is 5.97 Å². The van der Waals surface area contributed by atoms with Crippen LogP contribution in [-0.2, 0) is 6.42 Å². The van der Waals surface area contributed by atoms with Crippen LogP contribution in [0.5, 0.6) is 0 Å². The summed E-state index contributed by atoms with van der Waals surface area (Å²) in [4.78, 5) is 17.9. The maximum Gasteiger partial charge on any atom is 0.107 e. The van der Waals surface area contributed by atoms with Gasteiger partial charge in [0.2, 0.25) is 0 Å². The number of benzene rings is 1. The van der Waals surface area contributed by atoms with E-state index in [1.165, 1.54) is 12.1 Å². The molecule has 5 nitrogen and oxygen atoms in total. The standard InChI is InChI=1S/C11H12N2O3/c14-5-1-2-10-12-8-4-3-7(11(15)16)6-9(8)13-10/h3-4,6,14H,1-2,5H2,(H,12,13)(H,15,16)/p-1. The van der Waals surface area contributed by atoms with Gasteiger partial charge in [-0.15, -0.1) is 0 Å². The van der Waals surface area contributed by atoms with Gasteiger partial charge in [-0.2, -0.15) is 0 Å². The highest BCUT2D eigenvalue weighted by Crippen LogP contribution is 2.14. The molecule has 0 saturated heterocycles. The van der Waals surface area contributed by atoms with Gasteiger partial charge in [-0.3, -0.25) is 0 Å². The van der Waals surface area contributed by atoms with Crippen molar-refractivity contribution in [2.75, 3.05) is 6.61 Å². The number of aromatic nitrogens is 2. The third kappa shape index (κ3) is 2.04. The molecule has 2 N–H and O–H groups in total. The van der Waals surface area contributed by atoms with Gasteiger partial charge in [0.05, 0.1) is 17.0 Å². The number of aliphatic hydroxyl groups is 1. The Morgan fingerprint density at radius 2 is 2.31 bits per heavy atom. The van der Waals surface area contributed by atoms with Gasteiger partial charge >= 0.3 is 0 Å². The highest BCUT2D eigenvalue weighted by Gasteiger charge is 2.03. The van der Waals surface area contributed by atoms with E-state index in [0.717, 1.165) is 11.3 Å². The number of aromatic carboxylic acids is 1. The summed E-state index contributed by atoms with van der Waals surface area (Å²) in [7, 11) is 0. The van der Waals surface area contributed by atoms with E-state index in [1.54, 1.807) is 6.07 Å². The fourth-order valence-corrected chi connectivity index (χ4v) is 1.55. The van der Waals surface area contributed by atoms with Crippen LogP contribution in [0.3, 0.4) is 0 Å². The number of nitrogens with one attached hydrogen (secondary N) is 1. The van der Waals surface area contributed by atoms with Crippen LogP contribution in [-0.4, -0.2) is 27.7 Å². The largest absolute Gasteiger partial charge is 0.545 e. The minimum atomic E-state index is -1.20. The lowest BCUT2D eigenvalue weighted by Crippen LogP contribution is -2.21. The monoisotopic (exact) mass is 219 g/mol. The Balaban J connectivity index is 2.34. The van der Waals surface area contributed by atoms with E-state index in [0.29, 0.717) is 18.4 Å². The second kappa shape index (κ2) is 4.32. The third-order valence-corrected chi connectivity index (χ3v) is 2.34. The Labute approximate surface area is 91.8 Å². The van der Waals surface area contributed by atoms with Crippen molar-refractivity contribution < 1.29 is 15.0 Å². The Hall–Kier alpha value is -1.88. The zero-order chi connectivity index (χ0) is 11.5. The highest BCUT2D eigenvalue weighted by molar-refractivity contribution is 5.90. The van der Waals surface area contributed by atoms with Crippen LogP contribution in [0, 0.1) is 0 Å². The van der Waals surface area contributed by atoms with Gasteiger partial charge in [0.15, 0.2) is 0 Å². The van der Waals surface area contributed by atoms with Gasteiger partial charge < -0.3 is 20.0 Å². The van der Waals surface area contributed by atoms with Crippen molar-refractivity contribution in [2.45, 2.75) is 12.8 Å². The number of aromatic amines is 1. The summed E-state index contributed by atoms with van der Waals surface area (Å²) >= 11 is 0. The molecule has 0 aliphatic rings. The number of hydrogen-bond acceptors (Lipinski definition) is 4. The third-order valence-electron chi connectivity index (χ3n) is 2.34. The van der Waals surface area contributed by atoms with Crippen molar-refractivity contribution in [3.05, 3.63) is 29.6 Å². The number of carbonyl (C=O) groups excluding carboxylic acids is 1. The van der Waals surface area contributed by atoms with Crippen LogP contribution in [0.2, 0.25) is 0 Å². The van der Waals surface area contributed by atoms with Gasteiger partial charge in [-0.25, -0.2) is 4.98 Å². The molecule has 2 aromatic rings. The van der Waals surface area contributed by atoms with Crippen molar-refractivity contribution in [3.63, 3.8) is 0 Å². The van der Waals surface area contributed by atoms with Crippen molar-refractivity contribution in [3.8, 4) is 0 Å². The number of imidazole rings is 1. The van der Waals surface area contributed by atoms with Gasteiger partial charge in [0.1, 0.15) is 5.82 Å². The normalized spacial score (nSPS) is 10.8. The molecule has 1 aromatic heterocycles. The molecule has 0 unspecified atom stereocenters. The van der Waals surface area contributed by atoms with Crippen molar-refractivity contribution in [1.29, 1.82) is 0 Å². The maximum absolute atomic E-state index is 10.6. The molecule has 0 atom stereocenters. The predicted octanol–water partition coefficient (Wildman–Crippen LogP) is -0.149. The Bertz CT molecular complexity index is 519. The molecule has 0 aliphatic heterocycles. The summed E-state index contributed by atoms with van der Waals surface area (Å²) < 4.78 is 0. The summed E-state index contributed by atoms with van der Waals surface area (Å²) in [6.45, 7) is 0.112. The van der Waals surface area contributed by atoms with Crippen LogP contribution in [0.1, 0.15) is 22.6 Å². The van der Waals surface area contributed by atoms with E-state index in [-0.39, 0.29) is 12.2 Å². The molecule has 0 saturated carbocycles. The SMILES string of the molecule is O=C([O-])c1ccc2nc(CCCO)[nH]c2c1. The Kier molecular flexibility index (Phi) is 2.87. The molecule has 0 amide bonds. The fraction of sp³-hybridized carbons (Fsp3) is 0.273. The predicted molar refractivity (Wildman–Crippen MR) is 55.8 cm³/mol. The summed E-state index contributed by atoms with van der Waals surface area (Å²) in [5, 5.41) is 19.3. The number of H-pyrrole nitrogens is 1. The first-order valence-corrected chi connectivity index (χ1v) is 5.01. The molecule has 16 heavy (non-hydrogen) atoms. The van der Waals surface area contributed by atoms with Crippen LogP contribution >= 0.6 is 0 Å². The molecule has 84 valence electrons. The molecule has 0 radical (unpaired) electrons. The second-order valence-electron chi connectivity index (χ2n) is 3.53. The first kappa shape index (κ1) is 10.6. The van der Waals surface area contributed by atoms with Crippen LogP contribution in [0.25, 0.3) is 11.0 Å². The summed E-state index contributed by atoms with van der Waals surface area (Å²) in [6.07, 6.45) is 1.28. The van der Waals surface area contributed by atoms with Crippen molar-refractivity contribution in [2.24, 2.45) is 0 Å². The molecule has 5 heteroatoms. The molecule has 0 aliphatic carbocycles. The number of carboxylic acids is 1. The van der Waals surface area contributed by atoms with Crippen molar-refractivity contribution >= 4 is 17.0 Å². The van der Waals surface area contributed by atoms with E-state index >= 15 is 0 Å². The summed E-state index contributed by atoms with van der Waals surface area (Å²) in [5.41, 5.74) is 1.53.